The van der Waals surface area contributed by atoms with Crippen LogP contribution in [0.15, 0.2) is 29.2 Å². The topological polar surface area (TPSA) is 92.7 Å². The second-order valence-electron chi connectivity index (χ2n) is 3.72. The molecule has 1 aromatic rings. The normalized spacial score (nSPS) is 13.1. The zero-order valence-corrected chi connectivity index (χ0v) is 10.9. The van der Waals surface area contributed by atoms with Gasteiger partial charge in [0.05, 0.1) is 23.7 Å². The van der Waals surface area contributed by atoms with Gasteiger partial charge in [-0.15, -0.1) is 0 Å². The van der Waals surface area contributed by atoms with Crippen molar-refractivity contribution in [1.82, 2.24) is 4.72 Å². The van der Waals surface area contributed by atoms with Crippen molar-refractivity contribution in [3.8, 4) is 0 Å². The van der Waals surface area contributed by atoms with Crippen LogP contribution in [-0.4, -0.2) is 39.3 Å². The van der Waals surface area contributed by atoms with E-state index in [0.717, 1.165) is 0 Å². The first-order chi connectivity index (χ1) is 8.36. The van der Waals surface area contributed by atoms with Gasteiger partial charge >= 0.3 is 5.97 Å². The Morgan fingerprint density at radius 2 is 1.94 bits per heavy atom. The molecule has 0 radical (unpaired) electrons. The fourth-order valence-electron chi connectivity index (χ4n) is 1.20. The average Bonchev–Trinajstić information content (AvgIpc) is 2.36. The van der Waals surface area contributed by atoms with E-state index in [-0.39, 0.29) is 17.0 Å². The Morgan fingerprint density at radius 3 is 2.39 bits per heavy atom. The molecule has 0 spiro atoms. The SMILES string of the molecule is COC(=O)c1ccc(S(=O)(=O)NC[C@@H](C)O)cc1. The third kappa shape index (κ3) is 3.80. The highest BCUT2D eigenvalue weighted by Gasteiger charge is 2.15. The van der Waals surface area contributed by atoms with Crippen molar-refractivity contribution in [1.29, 1.82) is 0 Å². The largest absolute Gasteiger partial charge is 0.465 e. The summed E-state index contributed by atoms with van der Waals surface area (Å²) >= 11 is 0. The quantitative estimate of drug-likeness (QED) is 0.744. The van der Waals surface area contributed by atoms with Crippen molar-refractivity contribution in [3.63, 3.8) is 0 Å². The number of hydrogen-bond acceptors (Lipinski definition) is 5. The Morgan fingerprint density at radius 1 is 1.39 bits per heavy atom. The first-order valence-electron chi connectivity index (χ1n) is 5.23. The standard InChI is InChI=1S/C11H15NO5S/c1-8(13)7-12-18(15,16)10-5-3-9(4-6-10)11(14)17-2/h3-6,8,12-13H,7H2,1-2H3/t8-/m1/s1. The number of sulfonamides is 1. The van der Waals surface area contributed by atoms with E-state index in [9.17, 15) is 13.2 Å². The van der Waals surface area contributed by atoms with Gasteiger partial charge in [-0.05, 0) is 31.2 Å². The van der Waals surface area contributed by atoms with Crippen molar-refractivity contribution >= 4 is 16.0 Å². The van der Waals surface area contributed by atoms with Gasteiger partial charge in [0.1, 0.15) is 0 Å². The lowest BCUT2D eigenvalue weighted by atomic mass is 10.2. The fraction of sp³-hybridized carbons (Fsp3) is 0.364. The molecule has 6 nitrogen and oxygen atoms in total. The Bertz CT molecular complexity index is 507. The monoisotopic (exact) mass is 273 g/mol. The molecule has 100 valence electrons. The van der Waals surface area contributed by atoms with Crippen LogP contribution in [0.5, 0.6) is 0 Å². The van der Waals surface area contributed by atoms with E-state index in [1.807, 2.05) is 0 Å². The van der Waals surface area contributed by atoms with Crippen molar-refractivity contribution in [3.05, 3.63) is 29.8 Å². The highest BCUT2D eigenvalue weighted by Crippen LogP contribution is 2.11. The number of carbonyl (C=O) groups excluding carboxylic acids is 1. The lowest BCUT2D eigenvalue weighted by Gasteiger charge is -2.08. The molecule has 0 saturated carbocycles. The molecule has 2 N–H and O–H groups in total. The van der Waals surface area contributed by atoms with Crippen LogP contribution < -0.4 is 4.72 Å². The number of aliphatic hydroxyl groups is 1. The minimum atomic E-state index is -3.67. The minimum Gasteiger partial charge on any atom is -0.465 e. The van der Waals surface area contributed by atoms with Crippen LogP contribution in [0.25, 0.3) is 0 Å². The zero-order chi connectivity index (χ0) is 13.8. The van der Waals surface area contributed by atoms with Crippen molar-refractivity contribution in [2.45, 2.75) is 17.9 Å². The van der Waals surface area contributed by atoms with E-state index in [2.05, 4.69) is 9.46 Å². The molecule has 0 aliphatic rings. The molecule has 1 aromatic carbocycles. The summed E-state index contributed by atoms with van der Waals surface area (Å²) in [5.41, 5.74) is 0.270. The van der Waals surface area contributed by atoms with Gasteiger partial charge in [-0.25, -0.2) is 17.9 Å². The third-order valence-electron chi connectivity index (χ3n) is 2.15. The molecule has 0 aromatic heterocycles. The maximum absolute atomic E-state index is 11.7. The molecule has 1 rings (SSSR count). The first kappa shape index (κ1) is 14.6. The number of hydrogen-bond donors (Lipinski definition) is 2. The van der Waals surface area contributed by atoms with E-state index in [4.69, 9.17) is 5.11 Å². The average molecular weight is 273 g/mol. The molecule has 7 heteroatoms. The number of methoxy groups -OCH3 is 1. The molecule has 0 aliphatic carbocycles. The number of ether oxygens (including phenoxy) is 1. The molecular weight excluding hydrogens is 258 g/mol. The molecule has 0 bridgehead atoms. The second-order valence-corrected chi connectivity index (χ2v) is 5.48. The summed E-state index contributed by atoms with van der Waals surface area (Å²) in [6.07, 6.45) is -0.769. The highest BCUT2D eigenvalue weighted by atomic mass is 32.2. The van der Waals surface area contributed by atoms with Crippen LogP contribution in [0.1, 0.15) is 17.3 Å². The number of nitrogens with one attached hydrogen (secondary N) is 1. The van der Waals surface area contributed by atoms with Crippen LogP contribution in [0.3, 0.4) is 0 Å². The number of esters is 1. The molecule has 0 heterocycles. The molecule has 0 unspecified atom stereocenters. The van der Waals surface area contributed by atoms with E-state index < -0.39 is 22.1 Å². The Balaban J connectivity index is 2.87. The predicted octanol–water partition coefficient (Wildman–Crippen LogP) is 0.132. The second kappa shape index (κ2) is 5.94. The van der Waals surface area contributed by atoms with Gasteiger partial charge in [-0.3, -0.25) is 0 Å². The summed E-state index contributed by atoms with van der Waals surface area (Å²) < 4.78 is 30.2. The maximum atomic E-state index is 11.7. The fourth-order valence-corrected chi connectivity index (χ4v) is 2.32. The van der Waals surface area contributed by atoms with Crippen molar-refractivity contribution in [2.24, 2.45) is 0 Å². The molecular formula is C11H15NO5S. The van der Waals surface area contributed by atoms with Gasteiger partial charge in [-0.1, -0.05) is 0 Å². The highest BCUT2D eigenvalue weighted by molar-refractivity contribution is 7.89. The number of aliphatic hydroxyl groups excluding tert-OH is 1. The van der Waals surface area contributed by atoms with Crippen LogP contribution in [0, 0.1) is 0 Å². The predicted molar refractivity (Wildman–Crippen MR) is 64.7 cm³/mol. The molecule has 0 saturated heterocycles. The van der Waals surface area contributed by atoms with Gasteiger partial charge in [-0.2, -0.15) is 0 Å². The Hall–Kier alpha value is -1.44. The van der Waals surface area contributed by atoms with E-state index in [0.29, 0.717) is 0 Å². The van der Waals surface area contributed by atoms with Crippen LogP contribution in [-0.2, 0) is 14.8 Å². The summed E-state index contributed by atoms with van der Waals surface area (Å²) in [5, 5.41) is 9.02. The number of rotatable bonds is 5. The smallest absolute Gasteiger partial charge is 0.337 e. The van der Waals surface area contributed by atoms with E-state index in [1.165, 1.54) is 38.3 Å². The van der Waals surface area contributed by atoms with E-state index in [1.54, 1.807) is 0 Å². The molecule has 1 atom stereocenters. The lowest BCUT2D eigenvalue weighted by Crippen LogP contribution is -2.30. The minimum absolute atomic E-state index is 0.0239. The van der Waals surface area contributed by atoms with Crippen LogP contribution in [0.2, 0.25) is 0 Å². The summed E-state index contributed by atoms with van der Waals surface area (Å²) in [7, 11) is -2.42. The van der Waals surface area contributed by atoms with Gasteiger partial charge in [0.15, 0.2) is 0 Å². The summed E-state index contributed by atoms with van der Waals surface area (Å²) in [6, 6.07) is 5.33. The van der Waals surface area contributed by atoms with Gasteiger partial charge in [0, 0.05) is 6.54 Å². The summed E-state index contributed by atoms with van der Waals surface area (Å²) in [4.78, 5) is 11.2. The third-order valence-corrected chi connectivity index (χ3v) is 3.59. The lowest BCUT2D eigenvalue weighted by molar-refractivity contribution is 0.0600. The number of carbonyl (C=O) groups is 1. The van der Waals surface area contributed by atoms with Gasteiger partial charge in [0.25, 0.3) is 0 Å². The molecule has 0 fully saturated rings. The van der Waals surface area contributed by atoms with Crippen LogP contribution in [0.4, 0.5) is 0 Å². The van der Waals surface area contributed by atoms with Gasteiger partial charge < -0.3 is 9.84 Å². The molecule has 0 aliphatic heterocycles. The number of benzene rings is 1. The van der Waals surface area contributed by atoms with Crippen molar-refractivity contribution < 1.29 is 23.1 Å². The van der Waals surface area contributed by atoms with E-state index >= 15 is 0 Å². The van der Waals surface area contributed by atoms with Crippen LogP contribution >= 0.6 is 0 Å². The summed E-state index contributed by atoms with van der Waals surface area (Å²) in [6.45, 7) is 1.41. The Kier molecular flexibility index (Phi) is 4.83. The first-order valence-corrected chi connectivity index (χ1v) is 6.71. The Labute approximate surface area is 106 Å². The van der Waals surface area contributed by atoms with Gasteiger partial charge in [0.2, 0.25) is 10.0 Å². The molecule has 18 heavy (non-hydrogen) atoms. The molecule has 0 amide bonds. The zero-order valence-electron chi connectivity index (χ0n) is 10.1. The van der Waals surface area contributed by atoms with Crippen molar-refractivity contribution in [2.75, 3.05) is 13.7 Å². The maximum Gasteiger partial charge on any atom is 0.337 e. The summed E-state index contributed by atoms with van der Waals surface area (Å²) in [5.74, 6) is -0.532.